The minimum absolute atomic E-state index is 0.121. The zero-order valence-electron chi connectivity index (χ0n) is 11.7. The van der Waals surface area contributed by atoms with Crippen molar-refractivity contribution in [3.05, 3.63) is 35.9 Å². The zero-order chi connectivity index (χ0) is 13.7. The van der Waals surface area contributed by atoms with Crippen LogP contribution in [0.15, 0.2) is 30.3 Å². The Bertz CT molecular complexity index is 397. The molecule has 2 amide bonds. The average Bonchev–Trinajstić information content (AvgIpc) is 2.42. The molecule has 1 saturated heterocycles. The van der Waals surface area contributed by atoms with Crippen LogP contribution in [0.3, 0.4) is 0 Å². The van der Waals surface area contributed by atoms with E-state index in [-0.39, 0.29) is 6.03 Å². The van der Waals surface area contributed by atoms with Crippen LogP contribution in [0.25, 0.3) is 0 Å². The molecule has 0 bridgehead atoms. The van der Waals surface area contributed by atoms with Gasteiger partial charge in [0.15, 0.2) is 0 Å². The highest BCUT2D eigenvalue weighted by molar-refractivity contribution is 5.73. The maximum Gasteiger partial charge on any atom is 0.329 e. The molecule has 0 aliphatic carbocycles. The number of hydrogen-bond donors (Lipinski definition) is 2. The number of hydrogen-bond acceptors (Lipinski definition) is 2. The summed E-state index contributed by atoms with van der Waals surface area (Å²) in [6.45, 7) is 4.88. The van der Waals surface area contributed by atoms with Crippen molar-refractivity contribution in [2.45, 2.75) is 51.7 Å². The molecular weight excluding hydrogens is 238 g/mol. The van der Waals surface area contributed by atoms with Crippen LogP contribution < -0.4 is 10.7 Å². The van der Waals surface area contributed by atoms with E-state index in [9.17, 15) is 4.79 Å². The highest BCUT2D eigenvalue weighted by atomic mass is 16.2. The number of benzene rings is 1. The molecule has 2 rings (SSSR count). The van der Waals surface area contributed by atoms with Gasteiger partial charge in [0.2, 0.25) is 0 Å². The largest absolute Gasteiger partial charge is 0.333 e. The number of carbonyl (C=O) groups is 1. The molecule has 1 heterocycles. The van der Waals surface area contributed by atoms with E-state index in [1.165, 1.54) is 6.42 Å². The third kappa shape index (κ3) is 3.96. The molecule has 0 aromatic heterocycles. The Hall–Kier alpha value is -1.55. The Morgan fingerprint density at radius 3 is 2.47 bits per heavy atom. The summed E-state index contributed by atoms with van der Waals surface area (Å²) < 4.78 is 0. The summed E-state index contributed by atoms with van der Waals surface area (Å²) in [6.07, 6.45) is 3.53. The first kappa shape index (κ1) is 13.9. The van der Waals surface area contributed by atoms with Crippen LogP contribution in [-0.4, -0.2) is 23.1 Å². The lowest BCUT2D eigenvalue weighted by molar-refractivity contribution is 0.0594. The van der Waals surface area contributed by atoms with Crippen molar-refractivity contribution in [3.63, 3.8) is 0 Å². The molecule has 2 atom stereocenters. The Labute approximate surface area is 115 Å². The standard InChI is InChI=1S/C15H23N3O/c1-12-7-6-8-13(2)18(12)17-15(19)16-11-14-9-4-3-5-10-14/h3-5,9-10,12-13H,6-8,11H2,1-2H3,(H2,16,17,19). The highest BCUT2D eigenvalue weighted by Crippen LogP contribution is 2.19. The first-order valence-corrected chi connectivity index (χ1v) is 7.03. The second-order valence-corrected chi connectivity index (χ2v) is 5.32. The fourth-order valence-electron chi connectivity index (χ4n) is 2.58. The summed E-state index contributed by atoms with van der Waals surface area (Å²) >= 11 is 0. The first-order valence-electron chi connectivity index (χ1n) is 7.03. The van der Waals surface area contributed by atoms with Crippen LogP contribution in [0.4, 0.5) is 4.79 Å². The molecule has 0 saturated carbocycles. The third-order valence-corrected chi connectivity index (χ3v) is 3.72. The van der Waals surface area contributed by atoms with Gasteiger partial charge in [-0.1, -0.05) is 36.8 Å². The van der Waals surface area contributed by atoms with Crippen LogP contribution in [0, 0.1) is 0 Å². The van der Waals surface area contributed by atoms with Crippen molar-refractivity contribution in [3.8, 4) is 0 Å². The van der Waals surface area contributed by atoms with Crippen molar-refractivity contribution in [2.75, 3.05) is 0 Å². The van der Waals surface area contributed by atoms with Crippen molar-refractivity contribution in [1.29, 1.82) is 0 Å². The van der Waals surface area contributed by atoms with Gasteiger partial charge in [-0.05, 0) is 32.3 Å². The molecule has 2 N–H and O–H groups in total. The molecular formula is C15H23N3O. The molecule has 1 aromatic carbocycles. The van der Waals surface area contributed by atoms with Crippen molar-refractivity contribution in [2.24, 2.45) is 0 Å². The van der Waals surface area contributed by atoms with Gasteiger partial charge in [-0.15, -0.1) is 0 Å². The molecule has 1 aliphatic rings. The minimum atomic E-state index is -0.121. The predicted molar refractivity (Wildman–Crippen MR) is 76.4 cm³/mol. The molecule has 4 nitrogen and oxygen atoms in total. The van der Waals surface area contributed by atoms with Crippen molar-refractivity contribution in [1.82, 2.24) is 15.8 Å². The number of piperidine rings is 1. The van der Waals surface area contributed by atoms with Crippen LogP contribution in [0.5, 0.6) is 0 Å². The Morgan fingerprint density at radius 1 is 1.21 bits per heavy atom. The number of amides is 2. The summed E-state index contributed by atoms with van der Waals surface area (Å²) in [6, 6.07) is 10.6. The molecule has 2 unspecified atom stereocenters. The second kappa shape index (κ2) is 6.57. The van der Waals surface area contributed by atoms with Gasteiger partial charge in [0, 0.05) is 18.6 Å². The van der Waals surface area contributed by atoms with Crippen LogP contribution in [0.1, 0.15) is 38.7 Å². The summed E-state index contributed by atoms with van der Waals surface area (Å²) in [5, 5.41) is 4.97. The average molecular weight is 261 g/mol. The van der Waals surface area contributed by atoms with Crippen LogP contribution in [-0.2, 0) is 6.54 Å². The predicted octanol–water partition coefficient (Wildman–Crippen LogP) is 2.66. The monoisotopic (exact) mass is 261 g/mol. The summed E-state index contributed by atoms with van der Waals surface area (Å²) in [7, 11) is 0. The molecule has 1 aromatic rings. The fraction of sp³-hybridized carbons (Fsp3) is 0.533. The molecule has 0 radical (unpaired) electrons. The van der Waals surface area contributed by atoms with E-state index in [0.717, 1.165) is 18.4 Å². The lowest BCUT2D eigenvalue weighted by atomic mass is 10.00. The van der Waals surface area contributed by atoms with Gasteiger partial charge in [0.25, 0.3) is 0 Å². The van der Waals surface area contributed by atoms with E-state index in [2.05, 4.69) is 29.6 Å². The van der Waals surface area contributed by atoms with Crippen molar-refractivity contribution < 1.29 is 4.79 Å². The van der Waals surface area contributed by atoms with Gasteiger partial charge in [-0.25, -0.2) is 9.80 Å². The molecule has 4 heteroatoms. The normalized spacial score (nSPS) is 23.9. The van der Waals surface area contributed by atoms with E-state index in [1.54, 1.807) is 0 Å². The Balaban J connectivity index is 1.80. The lowest BCUT2D eigenvalue weighted by Gasteiger charge is -2.38. The van der Waals surface area contributed by atoms with Crippen molar-refractivity contribution >= 4 is 6.03 Å². The van der Waals surface area contributed by atoms with E-state index in [4.69, 9.17) is 0 Å². The number of rotatable bonds is 3. The van der Waals surface area contributed by atoms with Gasteiger partial charge in [-0.3, -0.25) is 5.43 Å². The van der Waals surface area contributed by atoms with E-state index in [0.29, 0.717) is 18.6 Å². The highest BCUT2D eigenvalue weighted by Gasteiger charge is 2.25. The fourth-order valence-corrected chi connectivity index (χ4v) is 2.58. The first-order chi connectivity index (χ1) is 9.16. The van der Waals surface area contributed by atoms with Gasteiger partial charge < -0.3 is 5.32 Å². The van der Waals surface area contributed by atoms with Gasteiger partial charge in [0.05, 0.1) is 0 Å². The molecule has 104 valence electrons. The SMILES string of the molecule is CC1CCCC(C)N1NC(=O)NCc1ccccc1. The maximum absolute atomic E-state index is 11.9. The van der Waals surface area contributed by atoms with E-state index < -0.39 is 0 Å². The summed E-state index contributed by atoms with van der Waals surface area (Å²) in [5.74, 6) is 0. The smallest absolute Gasteiger partial charge is 0.329 e. The number of nitrogens with one attached hydrogen (secondary N) is 2. The number of carbonyl (C=O) groups excluding carboxylic acids is 1. The molecule has 19 heavy (non-hydrogen) atoms. The second-order valence-electron chi connectivity index (χ2n) is 5.32. The third-order valence-electron chi connectivity index (χ3n) is 3.72. The number of hydrazine groups is 1. The molecule has 0 spiro atoms. The summed E-state index contributed by atoms with van der Waals surface area (Å²) in [4.78, 5) is 11.9. The molecule has 1 fully saturated rings. The topological polar surface area (TPSA) is 44.4 Å². The quantitative estimate of drug-likeness (QED) is 0.878. The Kier molecular flexibility index (Phi) is 4.80. The van der Waals surface area contributed by atoms with Crippen LogP contribution >= 0.6 is 0 Å². The zero-order valence-corrected chi connectivity index (χ0v) is 11.7. The van der Waals surface area contributed by atoms with Crippen LogP contribution in [0.2, 0.25) is 0 Å². The number of urea groups is 1. The van der Waals surface area contributed by atoms with E-state index in [1.807, 2.05) is 30.3 Å². The maximum atomic E-state index is 11.9. The summed E-state index contributed by atoms with van der Waals surface area (Å²) in [5.41, 5.74) is 4.08. The number of nitrogens with zero attached hydrogens (tertiary/aromatic N) is 1. The van der Waals surface area contributed by atoms with E-state index >= 15 is 0 Å². The minimum Gasteiger partial charge on any atom is -0.333 e. The van der Waals surface area contributed by atoms with Gasteiger partial charge in [0.1, 0.15) is 0 Å². The molecule has 1 aliphatic heterocycles. The lowest BCUT2D eigenvalue weighted by Crippen LogP contribution is -2.56. The van der Waals surface area contributed by atoms with Gasteiger partial charge in [-0.2, -0.15) is 0 Å². The van der Waals surface area contributed by atoms with Gasteiger partial charge >= 0.3 is 6.03 Å². The Morgan fingerprint density at radius 2 is 1.84 bits per heavy atom.